The van der Waals surface area contributed by atoms with E-state index in [0.717, 1.165) is 24.8 Å². The molecule has 0 amide bonds. The minimum Gasteiger partial charge on any atom is -0.393 e. The summed E-state index contributed by atoms with van der Waals surface area (Å²) in [6.45, 7) is 14.9. The van der Waals surface area contributed by atoms with Gasteiger partial charge in [0.1, 0.15) is 6.17 Å². The molecular weight excluding hydrogens is 397 g/mol. The Morgan fingerprint density at radius 1 is 1.38 bits per heavy atom. The van der Waals surface area contributed by atoms with Crippen molar-refractivity contribution in [2.24, 2.45) is 22.7 Å². The van der Waals surface area contributed by atoms with Crippen LogP contribution in [0.4, 0.5) is 4.39 Å². The van der Waals surface area contributed by atoms with Crippen molar-refractivity contribution in [2.75, 3.05) is 0 Å². The summed E-state index contributed by atoms with van der Waals surface area (Å²) in [5.74, 6) is 0.970. The van der Waals surface area contributed by atoms with Gasteiger partial charge >= 0.3 is 0 Å². The fourth-order valence-corrected chi connectivity index (χ4v) is 5.82. The van der Waals surface area contributed by atoms with Crippen LogP contribution in [0.25, 0.3) is 0 Å². The highest BCUT2D eigenvalue weighted by Gasteiger charge is 2.45. The van der Waals surface area contributed by atoms with Gasteiger partial charge in [-0.15, -0.1) is 0 Å². The van der Waals surface area contributed by atoms with Gasteiger partial charge in [0, 0.05) is 17.5 Å². The van der Waals surface area contributed by atoms with Gasteiger partial charge in [0.2, 0.25) is 0 Å². The molecular formula is C29H42FNO. The van der Waals surface area contributed by atoms with Crippen LogP contribution in [0.3, 0.4) is 0 Å². The third-order valence-electron chi connectivity index (χ3n) is 7.95. The average molecular weight is 440 g/mol. The number of allylic oxidation sites excluding steroid dienone is 8. The Morgan fingerprint density at radius 2 is 2.09 bits per heavy atom. The summed E-state index contributed by atoms with van der Waals surface area (Å²) in [4.78, 5) is 0. The lowest BCUT2D eigenvalue weighted by molar-refractivity contribution is 0.124. The number of hydrogen-bond donors (Lipinski definition) is 2. The highest BCUT2D eigenvalue weighted by Crippen LogP contribution is 2.57. The molecule has 176 valence electrons. The van der Waals surface area contributed by atoms with Crippen LogP contribution in [0.1, 0.15) is 79.6 Å². The summed E-state index contributed by atoms with van der Waals surface area (Å²) in [5, 5.41) is 18.2. The Kier molecular flexibility index (Phi) is 7.49. The maximum atomic E-state index is 14.1. The number of aliphatic hydroxyl groups excluding tert-OH is 1. The van der Waals surface area contributed by atoms with E-state index in [1.807, 2.05) is 12.2 Å². The van der Waals surface area contributed by atoms with E-state index in [1.54, 1.807) is 5.57 Å². The number of aliphatic hydroxyl groups is 1. The molecule has 0 spiro atoms. The molecule has 3 rings (SSSR count). The summed E-state index contributed by atoms with van der Waals surface area (Å²) in [5.41, 5.74) is 5.17. The smallest absolute Gasteiger partial charge is 0.127 e. The van der Waals surface area contributed by atoms with Crippen molar-refractivity contribution >= 4 is 5.71 Å². The van der Waals surface area contributed by atoms with Crippen molar-refractivity contribution in [1.82, 2.24) is 0 Å². The third kappa shape index (κ3) is 5.25. The Bertz CT molecular complexity index is 868. The van der Waals surface area contributed by atoms with Crippen molar-refractivity contribution < 1.29 is 9.50 Å². The van der Waals surface area contributed by atoms with E-state index in [9.17, 15) is 9.50 Å². The van der Waals surface area contributed by atoms with Gasteiger partial charge in [0.15, 0.2) is 0 Å². The van der Waals surface area contributed by atoms with E-state index in [0.29, 0.717) is 29.5 Å². The largest absolute Gasteiger partial charge is 0.393 e. The van der Waals surface area contributed by atoms with E-state index in [-0.39, 0.29) is 17.3 Å². The Labute approximate surface area is 194 Å². The minimum absolute atomic E-state index is 0.108. The zero-order chi connectivity index (χ0) is 23.7. The molecule has 2 N–H and O–H groups in total. The van der Waals surface area contributed by atoms with Crippen molar-refractivity contribution in [2.45, 2.75) is 91.8 Å². The average Bonchev–Trinajstić information content (AvgIpc) is 3.06. The zero-order valence-electron chi connectivity index (χ0n) is 20.7. The lowest BCUT2D eigenvalue weighted by Gasteiger charge is -2.42. The van der Waals surface area contributed by atoms with E-state index < -0.39 is 12.3 Å². The van der Waals surface area contributed by atoms with E-state index in [1.165, 1.54) is 18.4 Å². The fourth-order valence-electron chi connectivity index (χ4n) is 5.82. The van der Waals surface area contributed by atoms with Gasteiger partial charge < -0.3 is 10.5 Å². The molecule has 3 aliphatic carbocycles. The monoisotopic (exact) mass is 439 g/mol. The number of nitrogens with one attached hydrogen (secondary N) is 1. The van der Waals surface area contributed by atoms with Crippen LogP contribution in [0, 0.1) is 28.1 Å². The second-order valence-electron chi connectivity index (χ2n) is 11.4. The third-order valence-corrected chi connectivity index (χ3v) is 7.95. The van der Waals surface area contributed by atoms with Gasteiger partial charge in [-0.05, 0) is 73.0 Å². The van der Waals surface area contributed by atoms with E-state index in [4.69, 9.17) is 5.41 Å². The van der Waals surface area contributed by atoms with Crippen LogP contribution in [0.2, 0.25) is 0 Å². The Hall–Kier alpha value is -1.74. The predicted octanol–water partition coefficient (Wildman–Crippen LogP) is 7.67. The molecule has 2 saturated carbocycles. The van der Waals surface area contributed by atoms with Crippen molar-refractivity contribution in [3.63, 3.8) is 0 Å². The number of hydrogen-bond acceptors (Lipinski definition) is 2. The maximum absolute atomic E-state index is 14.1. The second kappa shape index (κ2) is 9.63. The molecule has 0 bridgehead atoms. The SMILES string of the molecule is C=C1/C(=C\C=C2/CCC[C@]3(C)C([C@@H](C)C/C=C/C(=N)C(C)(C)C)=CC[C@@H]23)C[C@@H](O)C[C@@H]1F. The molecule has 0 aromatic heterocycles. The summed E-state index contributed by atoms with van der Waals surface area (Å²) < 4.78 is 14.1. The lowest BCUT2D eigenvalue weighted by atomic mass is 9.62. The summed E-state index contributed by atoms with van der Waals surface area (Å²) in [7, 11) is 0. The molecule has 0 aliphatic heterocycles. The first-order valence-electron chi connectivity index (χ1n) is 12.3. The second-order valence-corrected chi connectivity index (χ2v) is 11.4. The first-order chi connectivity index (χ1) is 14.9. The van der Waals surface area contributed by atoms with Crippen LogP contribution in [0.5, 0.6) is 0 Å². The molecule has 32 heavy (non-hydrogen) atoms. The molecule has 0 aromatic rings. The van der Waals surface area contributed by atoms with Crippen LogP contribution in [-0.2, 0) is 0 Å². The highest BCUT2D eigenvalue weighted by atomic mass is 19.1. The molecule has 5 atom stereocenters. The van der Waals surface area contributed by atoms with Gasteiger partial charge in [0.05, 0.1) is 6.10 Å². The Balaban J connectivity index is 1.72. The maximum Gasteiger partial charge on any atom is 0.127 e. The summed E-state index contributed by atoms with van der Waals surface area (Å²) in [6.07, 6.45) is 15.3. The standard InChI is InChI=1S/C29H42FNO/c1-19(9-7-11-27(31)28(3,4)5)24-14-15-25-21(10-8-16-29(24,25)6)12-13-22-17-23(32)18-26(30)20(22)2/h7,11-14,19,23,25-26,31-32H,2,8-10,15-18H2,1,3-6H3/b11-7+,21-12+,22-13-,31-27?/t19-,23+,25-,26-,29+/m0/s1. The Morgan fingerprint density at radius 3 is 2.78 bits per heavy atom. The summed E-state index contributed by atoms with van der Waals surface area (Å²) >= 11 is 0. The molecule has 0 saturated heterocycles. The number of halogens is 1. The first kappa shape index (κ1) is 24.9. The van der Waals surface area contributed by atoms with Crippen LogP contribution < -0.4 is 0 Å². The van der Waals surface area contributed by atoms with Gasteiger partial charge in [-0.2, -0.15) is 0 Å². The number of alkyl halides is 1. The molecule has 0 heterocycles. The van der Waals surface area contributed by atoms with Gasteiger partial charge in [-0.1, -0.05) is 76.6 Å². The molecule has 0 aromatic carbocycles. The van der Waals surface area contributed by atoms with Gasteiger partial charge in [-0.25, -0.2) is 4.39 Å². The number of rotatable bonds is 5. The fraction of sp³-hybridized carbons (Fsp3) is 0.621. The molecule has 3 heteroatoms. The van der Waals surface area contributed by atoms with E-state index in [2.05, 4.69) is 59.4 Å². The van der Waals surface area contributed by atoms with Crippen LogP contribution in [0.15, 0.2) is 59.3 Å². The van der Waals surface area contributed by atoms with E-state index >= 15 is 0 Å². The molecule has 2 nitrogen and oxygen atoms in total. The molecule has 0 unspecified atom stereocenters. The highest BCUT2D eigenvalue weighted by molar-refractivity contribution is 5.96. The van der Waals surface area contributed by atoms with Crippen molar-refractivity contribution in [3.05, 3.63) is 59.3 Å². The zero-order valence-corrected chi connectivity index (χ0v) is 20.7. The molecule has 2 fully saturated rings. The minimum atomic E-state index is -1.13. The predicted molar refractivity (Wildman–Crippen MR) is 134 cm³/mol. The quantitative estimate of drug-likeness (QED) is 0.335. The van der Waals surface area contributed by atoms with Crippen molar-refractivity contribution in [1.29, 1.82) is 5.41 Å². The van der Waals surface area contributed by atoms with Gasteiger partial charge in [0.25, 0.3) is 0 Å². The van der Waals surface area contributed by atoms with Crippen LogP contribution in [-0.4, -0.2) is 23.1 Å². The summed E-state index contributed by atoms with van der Waals surface area (Å²) in [6, 6.07) is 0. The van der Waals surface area contributed by atoms with Gasteiger partial charge in [-0.3, -0.25) is 0 Å². The normalized spacial score (nSPS) is 34.8. The lowest BCUT2D eigenvalue weighted by Crippen LogP contribution is -2.32. The molecule has 3 aliphatic rings. The van der Waals surface area contributed by atoms with Crippen molar-refractivity contribution in [3.8, 4) is 0 Å². The first-order valence-corrected chi connectivity index (χ1v) is 12.3. The molecule has 0 radical (unpaired) electrons. The number of fused-ring (bicyclic) bond motifs is 1. The van der Waals surface area contributed by atoms with Crippen LogP contribution >= 0.6 is 0 Å². The topological polar surface area (TPSA) is 44.1 Å².